The molecule has 5 rings (SSSR count). The molecule has 0 amide bonds. The average molecular weight is 664 g/mol. The van der Waals surface area contributed by atoms with Gasteiger partial charge < -0.3 is 21.4 Å². The van der Waals surface area contributed by atoms with Crippen LogP contribution in [0.25, 0.3) is 46.4 Å². The third-order valence-electron chi connectivity index (χ3n) is 6.09. The SMILES string of the molecule is Cl.Cl.Cl.Cl.[2H]c1c(C(C)SCCN)c2cc3cc(C(C)SCCN)c(cc4nc(cc5nc(cc1[nH]2)C=C5)C=C4)[nH]3. The van der Waals surface area contributed by atoms with Crippen molar-refractivity contribution in [3.63, 3.8) is 0 Å². The molecule has 0 aromatic carbocycles. The highest BCUT2D eigenvalue weighted by atomic mass is 35.5. The molecule has 12 heteroatoms. The zero-order valence-corrected chi connectivity index (χ0v) is 27.1. The van der Waals surface area contributed by atoms with Gasteiger partial charge in [0.05, 0.1) is 24.1 Å². The van der Waals surface area contributed by atoms with Gasteiger partial charge in [-0.15, -0.1) is 49.6 Å². The van der Waals surface area contributed by atoms with Crippen LogP contribution in [0.1, 0.15) is 59.6 Å². The van der Waals surface area contributed by atoms with Crippen LogP contribution in [0.2, 0.25) is 0 Å². The Hall–Kier alpha value is -1.62. The van der Waals surface area contributed by atoms with Crippen molar-refractivity contribution in [2.45, 2.75) is 24.3 Å². The minimum atomic E-state index is 0. The quantitative estimate of drug-likeness (QED) is 0.135. The van der Waals surface area contributed by atoms with Crippen molar-refractivity contribution < 1.29 is 1.37 Å². The van der Waals surface area contributed by atoms with Gasteiger partial charge in [-0.25, -0.2) is 9.97 Å². The molecular formula is C28H36Cl4N6S2. The first-order chi connectivity index (χ1) is 17.9. The maximum Gasteiger partial charge on any atom is 0.0659 e. The molecule has 0 radical (unpaired) electrons. The van der Waals surface area contributed by atoms with E-state index in [4.69, 9.17) is 22.8 Å². The number of nitrogens with one attached hydrogen (secondary N) is 2. The van der Waals surface area contributed by atoms with E-state index in [-0.39, 0.29) is 60.1 Å². The molecule has 0 fully saturated rings. The van der Waals surface area contributed by atoms with Gasteiger partial charge in [0.25, 0.3) is 0 Å². The monoisotopic (exact) mass is 661 g/mol. The van der Waals surface area contributed by atoms with Crippen molar-refractivity contribution in [3.8, 4) is 0 Å². The smallest absolute Gasteiger partial charge is 0.0659 e. The van der Waals surface area contributed by atoms with Crippen LogP contribution in [-0.2, 0) is 0 Å². The average Bonchev–Trinajstić information content (AvgIpc) is 3.65. The summed E-state index contributed by atoms with van der Waals surface area (Å²) in [6, 6.07) is 10.8. The Bertz CT molecular complexity index is 1540. The van der Waals surface area contributed by atoms with Gasteiger partial charge in [-0.3, -0.25) is 0 Å². The summed E-state index contributed by atoms with van der Waals surface area (Å²) in [6.45, 7) is 5.61. The zero-order valence-electron chi connectivity index (χ0n) is 23.2. The van der Waals surface area contributed by atoms with Gasteiger partial charge in [0.15, 0.2) is 0 Å². The first-order valence-corrected chi connectivity index (χ1v) is 14.3. The van der Waals surface area contributed by atoms with Crippen molar-refractivity contribution in [3.05, 3.63) is 70.3 Å². The zero-order chi connectivity index (χ0) is 25.9. The number of thioether (sulfide) groups is 2. The van der Waals surface area contributed by atoms with Crippen molar-refractivity contribution in [2.24, 2.45) is 11.5 Å². The number of nitrogens with two attached hydrogens (primary N) is 2. The van der Waals surface area contributed by atoms with Gasteiger partial charge in [0.1, 0.15) is 0 Å². The maximum absolute atomic E-state index is 9.02. The Labute approximate surface area is 270 Å². The predicted molar refractivity (Wildman–Crippen MR) is 188 cm³/mol. The van der Waals surface area contributed by atoms with Crippen LogP contribution >= 0.6 is 73.2 Å². The molecule has 3 aromatic rings. The standard InChI is InChI=1S/C28H32N6S2.4ClH/c1-17(35-9-7-29)25-13-23-12-21-4-3-19(31-21)11-20-5-6-22(32-20)15-27-26(18(2)36-10-8-30)14-24(34-27)16-28(25)33-23;;;;/h3-6,11-18,33-34H,7-10,29-30H2,1-2H3;4*1H/i13D;;;;. The maximum atomic E-state index is 9.02. The summed E-state index contributed by atoms with van der Waals surface area (Å²) in [5, 5.41) is 0.381. The topological polar surface area (TPSA) is 109 Å². The fraction of sp³-hybridized carbons (Fsp3) is 0.286. The van der Waals surface area contributed by atoms with Crippen molar-refractivity contribution in [1.82, 2.24) is 19.9 Å². The number of rotatable bonds is 8. The number of halogens is 4. The summed E-state index contributed by atoms with van der Waals surface area (Å²) >= 11 is 3.61. The molecule has 6 nitrogen and oxygen atoms in total. The first kappa shape index (κ1) is 34.6. The van der Waals surface area contributed by atoms with Crippen molar-refractivity contribution in [2.75, 3.05) is 24.6 Å². The number of nitrogens with zero attached hydrogens (tertiary/aromatic N) is 2. The van der Waals surface area contributed by atoms with Crippen LogP contribution in [0.5, 0.6) is 0 Å². The van der Waals surface area contributed by atoms with Gasteiger partial charge in [-0.05, 0) is 85.7 Å². The van der Waals surface area contributed by atoms with E-state index in [1.165, 1.54) is 5.56 Å². The van der Waals surface area contributed by atoms with Gasteiger partial charge in [-0.1, -0.05) is 0 Å². The minimum Gasteiger partial charge on any atom is -0.355 e. The lowest BCUT2D eigenvalue weighted by atomic mass is 10.2. The Morgan fingerprint density at radius 3 is 1.73 bits per heavy atom. The first-order valence-electron chi connectivity index (χ1n) is 12.7. The Morgan fingerprint density at radius 2 is 1.15 bits per heavy atom. The molecule has 2 unspecified atom stereocenters. The van der Waals surface area contributed by atoms with E-state index in [9.17, 15) is 0 Å². The molecule has 218 valence electrons. The van der Waals surface area contributed by atoms with Crippen LogP contribution in [0.15, 0.2) is 36.4 Å². The highest BCUT2D eigenvalue weighted by molar-refractivity contribution is 7.99. The highest BCUT2D eigenvalue weighted by Crippen LogP contribution is 2.34. The summed E-state index contributed by atoms with van der Waals surface area (Å²) in [6.07, 6.45) is 7.99. The van der Waals surface area contributed by atoms with Crippen LogP contribution in [0, 0.1) is 0 Å². The fourth-order valence-electron chi connectivity index (χ4n) is 4.38. The molecule has 40 heavy (non-hydrogen) atoms. The molecule has 0 spiro atoms. The molecule has 6 N–H and O–H groups in total. The van der Waals surface area contributed by atoms with E-state index in [1.54, 1.807) is 11.8 Å². The lowest BCUT2D eigenvalue weighted by Crippen LogP contribution is -2.02. The van der Waals surface area contributed by atoms with Gasteiger partial charge in [0.2, 0.25) is 0 Å². The lowest BCUT2D eigenvalue weighted by molar-refractivity contribution is 1.09. The van der Waals surface area contributed by atoms with E-state index >= 15 is 0 Å². The summed E-state index contributed by atoms with van der Waals surface area (Å²) in [5.74, 6) is 1.73. The number of hydrogen-bond acceptors (Lipinski definition) is 6. The second kappa shape index (κ2) is 16.7. The Kier molecular flexibility index (Phi) is 14.5. The van der Waals surface area contributed by atoms with E-state index in [0.717, 1.165) is 61.9 Å². The van der Waals surface area contributed by atoms with Crippen LogP contribution < -0.4 is 11.5 Å². The molecule has 3 aromatic heterocycles. The minimum absolute atomic E-state index is 0. The van der Waals surface area contributed by atoms with Gasteiger partial charge >= 0.3 is 0 Å². The second-order valence-electron chi connectivity index (χ2n) is 8.86. The third-order valence-corrected chi connectivity index (χ3v) is 8.52. The molecule has 0 saturated carbocycles. The molecule has 2 aliphatic heterocycles. The van der Waals surface area contributed by atoms with Crippen LogP contribution in [-0.4, -0.2) is 44.5 Å². The Balaban J connectivity index is 0.00000210. The third kappa shape index (κ3) is 8.69. The largest absolute Gasteiger partial charge is 0.355 e. The fourth-order valence-corrected chi connectivity index (χ4v) is 6.09. The summed E-state index contributed by atoms with van der Waals surface area (Å²) < 4.78 is 9.02. The van der Waals surface area contributed by atoms with Crippen LogP contribution in [0.3, 0.4) is 0 Å². The predicted octanol–water partition coefficient (Wildman–Crippen LogP) is 7.85. The van der Waals surface area contributed by atoms with Gasteiger partial charge in [-0.2, -0.15) is 23.5 Å². The molecule has 0 aliphatic carbocycles. The molecule has 5 heterocycles. The lowest BCUT2D eigenvalue weighted by Gasteiger charge is -2.09. The number of aromatic nitrogens is 4. The van der Waals surface area contributed by atoms with E-state index < -0.39 is 0 Å². The number of H-pyrrole nitrogens is 2. The number of hydrogen-bond donors (Lipinski definition) is 4. The summed E-state index contributed by atoms with van der Waals surface area (Å²) in [5.41, 5.74) is 20.8. The normalized spacial score (nSPS) is 13.2. The van der Waals surface area contributed by atoms with Crippen molar-refractivity contribution in [1.29, 1.82) is 0 Å². The van der Waals surface area contributed by atoms with E-state index in [2.05, 4.69) is 42.0 Å². The van der Waals surface area contributed by atoms with Gasteiger partial charge in [0, 0.05) is 57.2 Å². The molecule has 0 saturated heterocycles. The van der Waals surface area contributed by atoms with Crippen molar-refractivity contribution >= 4 is 120 Å². The molecule has 2 aliphatic rings. The second-order valence-corrected chi connectivity index (χ2v) is 11.8. The van der Waals surface area contributed by atoms with E-state index in [0.29, 0.717) is 19.1 Å². The summed E-state index contributed by atoms with van der Waals surface area (Å²) in [4.78, 5) is 16.7. The highest BCUT2D eigenvalue weighted by Gasteiger charge is 2.14. The Morgan fingerprint density at radius 1 is 0.675 bits per heavy atom. The molecular weight excluding hydrogens is 626 g/mol. The number of aromatic amines is 2. The van der Waals surface area contributed by atoms with Crippen LogP contribution in [0.4, 0.5) is 0 Å². The summed E-state index contributed by atoms with van der Waals surface area (Å²) in [7, 11) is 0. The molecule has 8 bridgehead atoms. The van der Waals surface area contributed by atoms with E-state index in [1.807, 2.05) is 48.2 Å². The number of fused-ring (bicyclic) bond motifs is 8. The molecule has 2 atom stereocenters.